The average Bonchev–Trinajstić information content (AvgIpc) is 2.84. The number of aryl methyl sites for hydroxylation is 2. The normalized spacial score (nSPS) is 11.4. The number of hydrogen-bond donors (Lipinski definition) is 0. The summed E-state index contributed by atoms with van der Waals surface area (Å²) < 4.78 is 3.35. The maximum Gasteiger partial charge on any atom is 0.0661 e. The number of nitrogens with zero attached hydrogens (tertiary/aromatic N) is 2. The molecule has 3 heteroatoms. The minimum Gasteiger partial charge on any atom is -0.318 e. The van der Waals surface area contributed by atoms with Crippen LogP contribution in [0.4, 0.5) is 5.69 Å². The van der Waals surface area contributed by atoms with Crippen molar-refractivity contribution in [3.63, 3.8) is 0 Å². The Bertz CT molecular complexity index is 902. The number of hydrogen-bond acceptors (Lipinski definition) is 1. The van der Waals surface area contributed by atoms with E-state index in [9.17, 15) is 0 Å². The summed E-state index contributed by atoms with van der Waals surface area (Å²) in [5.74, 6) is 0. The molecule has 0 bridgehead atoms. The van der Waals surface area contributed by atoms with Crippen LogP contribution >= 0.6 is 15.9 Å². The Morgan fingerprint density at radius 2 is 1.67 bits per heavy atom. The van der Waals surface area contributed by atoms with Gasteiger partial charge in [0, 0.05) is 33.3 Å². The molecule has 3 aromatic rings. The van der Waals surface area contributed by atoms with Crippen LogP contribution in [-0.4, -0.2) is 10.8 Å². The number of halogens is 1. The Morgan fingerprint density at radius 1 is 0.958 bits per heavy atom. The van der Waals surface area contributed by atoms with Gasteiger partial charge in [0.2, 0.25) is 0 Å². The van der Waals surface area contributed by atoms with Crippen LogP contribution in [0.2, 0.25) is 0 Å². The SMILES string of the molecule is Cc1cccc(N=Cc2cc(C)n(-c3ccc(Br)cc3)c2C)c1C. The summed E-state index contributed by atoms with van der Waals surface area (Å²) in [6.45, 7) is 8.50. The zero-order valence-corrected chi connectivity index (χ0v) is 16.1. The standard InChI is InChI=1S/C21H21BrN2/c1-14-6-5-7-21(16(14)3)23-13-18-12-15(2)24(17(18)4)20-10-8-19(22)9-11-20/h5-13H,1-4H3. The van der Waals surface area contributed by atoms with Crippen molar-refractivity contribution in [1.82, 2.24) is 4.57 Å². The Kier molecular flexibility index (Phi) is 4.72. The molecular weight excluding hydrogens is 360 g/mol. The summed E-state index contributed by atoms with van der Waals surface area (Å²) in [5.41, 5.74) is 8.25. The third kappa shape index (κ3) is 3.22. The fourth-order valence-electron chi connectivity index (χ4n) is 2.92. The molecule has 0 amide bonds. The van der Waals surface area contributed by atoms with Crippen molar-refractivity contribution in [2.45, 2.75) is 27.7 Å². The highest BCUT2D eigenvalue weighted by Gasteiger charge is 2.09. The highest BCUT2D eigenvalue weighted by Crippen LogP contribution is 2.24. The highest BCUT2D eigenvalue weighted by molar-refractivity contribution is 9.10. The molecule has 0 atom stereocenters. The van der Waals surface area contributed by atoms with E-state index in [-0.39, 0.29) is 0 Å². The van der Waals surface area contributed by atoms with Crippen LogP contribution in [0.15, 0.2) is 58.0 Å². The van der Waals surface area contributed by atoms with E-state index in [1.807, 2.05) is 6.21 Å². The lowest BCUT2D eigenvalue weighted by atomic mass is 10.1. The Hall–Kier alpha value is -2.13. The van der Waals surface area contributed by atoms with Gasteiger partial charge in [0.1, 0.15) is 0 Å². The molecule has 122 valence electrons. The second-order valence-corrected chi connectivity index (χ2v) is 7.03. The van der Waals surface area contributed by atoms with E-state index in [2.05, 4.69) is 96.7 Å². The van der Waals surface area contributed by atoms with Gasteiger partial charge in [0.05, 0.1) is 5.69 Å². The van der Waals surface area contributed by atoms with Gasteiger partial charge < -0.3 is 4.57 Å². The van der Waals surface area contributed by atoms with E-state index in [4.69, 9.17) is 4.99 Å². The summed E-state index contributed by atoms with van der Waals surface area (Å²) >= 11 is 3.49. The van der Waals surface area contributed by atoms with Crippen molar-refractivity contribution < 1.29 is 0 Å². The van der Waals surface area contributed by atoms with E-state index in [1.54, 1.807) is 0 Å². The van der Waals surface area contributed by atoms with E-state index in [0.717, 1.165) is 15.7 Å². The first-order chi connectivity index (χ1) is 11.5. The molecular formula is C21H21BrN2. The Morgan fingerprint density at radius 3 is 2.38 bits per heavy atom. The fourth-order valence-corrected chi connectivity index (χ4v) is 3.18. The monoisotopic (exact) mass is 380 g/mol. The molecule has 2 aromatic carbocycles. The number of rotatable bonds is 3. The Labute approximate surface area is 152 Å². The lowest BCUT2D eigenvalue weighted by Crippen LogP contribution is -1.99. The van der Waals surface area contributed by atoms with E-state index in [0.29, 0.717) is 0 Å². The van der Waals surface area contributed by atoms with E-state index >= 15 is 0 Å². The number of benzene rings is 2. The van der Waals surface area contributed by atoms with Crippen LogP contribution in [0.3, 0.4) is 0 Å². The van der Waals surface area contributed by atoms with E-state index in [1.165, 1.54) is 28.2 Å². The molecule has 0 saturated carbocycles. The number of aliphatic imine (C=N–C) groups is 1. The third-order valence-corrected chi connectivity index (χ3v) is 5.00. The van der Waals surface area contributed by atoms with Crippen molar-refractivity contribution in [1.29, 1.82) is 0 Å². The minimum atomic E-state index is 1.03. The van der Waals surface area contributed by atoms with Crippen molar-refractivity contribution in [3.8, 4) is 5.69 Å². The maximum absolute atomic E-state index is 4.71. The molecule has 1 heterocycles. The van der Waals surface area contributed by atoms with Crippen LogP contribution in [0.25, 0.3) is 5.69 Å². The van der Waals surface area contributed by atoms with Crippen molar-refractivity contribution >= 4 is 27.8 Å². The molecule has 0 radical (unpaired) electrons. The molecule has 0 spiro atoms. The average molecular weight is 381 g/mol. The first-order valence-electron chi connectivity index (χ1n) is 8.02. The molecule has 0 aliphatic carbocycles. The van der Waals surface area contributed by atoms with Gasteiger partial charge in [-0.15, -0.1) is 0 Å². The molecule has 24 heavy (non-hydrogen) atoms. The topological polar surface area (TPSA) is 17.3 Å². The maximum atomic E-state index is 4.71. The van der Waals surface area contributed by atoms with Gasteiger partial charge in [-0.05, 0) is 75.2 Å². The molecule has 2 nitrogen and oxygen atoms in total. The van der Waals surface area contributed by atoms with Crippen LogP contribution in [0.1, 0.15) is 28.1 Å². The predicted molar refractivity (Wildman–Crippen MR) is 106 cm³/mol. The minimum absolute atomic E-state index is 1.03. The van der Waals surface area contributed by atoms with Crippen LogP contribution in [0.5, 0.6) is 0 Å². The van der Waals surface area contributed by atoms with Gasteiger partial charge in [-0.1, -0.05) is 28.1 Å². The first-order valence-corrected chi connectivity index (χ1v) is 8.82. The van der Waals surface area contributed by atoms with Gasteiger partial charge in [-0.25, -0.2) is 0 Å². The van der Waals surface area contributed by atoms with Crippen molar-refractivity contribution in [2.75, 3.05) is 0 Å². The number of aromatic nitrogens is 1. The summed E-state index contributed by atoms with van der Waals surface area (Å²) in [6.07, 6.45) is 1.97. The predicted octanol–water partition coefficient (Wildman–Crippen LogP) is 6.22. The summed E-state index contributed by atoms with van der Waals surface area (Å²) in [5, 5.41) is 0. The van der Waals surface area contributed by atoms with Gasteiger partial charge in [0.15, 0.2) is 0 Å². The smallest absolute Gasteiger partial charge is 0.0661 e. The highest BCUT2D eigenvalue weighted by atomic mass is 79.9. The summed E-state index contributed by atoms with van der Waals surface area (Å²) in [7, 11) is 0. The molecule has 0 unspecified atom stereocenters. The van der Waals surface area contributed by atoms with Crippen LogP contribution in [0, 0.1) is 27.7 Å². The van der Waals surface area contributed by atoms with Gasteiger partial charge in [-0.2, -0.15) is 0 Å². The van der Waals surface area contributed by atoms with Crippen LogP contribution < -0.4 is 0 Å². The van der Waals surface area contributed by atoms with Crippen molar-refractivity contribution in [3.05, 3.63) is 81.1 Å². The largest absolute Gasteiger partial charge is 0.318 e. The molecule has 0 saturated heterocycles. The van der Waals surface area contributed by atoms with Gasteiger partial charge >= 0.3 is 0 Å². The fraction of sp³-hybridized carbons (Fsp3) is 0.190. The quantitative estimate of drug-likeness (QED) is 0.479. The lowest BCUT2D eigenvalue weighted by molar-refractivity contribution is 0.964. The Balaban J connectivity index is 1.98. The van der Waals surface area contributed by atoms with Gasteiger partial charge in [0.25, 0.3) is 0 Å². The molecule has 0 aliphatic rings. The second kappa shape index (κ2) is 6.78. The molecule has 3 rings (SSSR count). The van der Waals surface area contributed by atoms with E-state index < -0.39 is 0 Å². The molecule has 1 aromatic heterocycles. The second-order valence-electron chi connectivity index (χ2n) is 6.12. The van der Waals surface area contributed by atoms with Gasteiger partial charge in [-0.3, -0.25) is 4.99 Å². The van der Waals surface area contributed by atoms with Crippen LogP contribution in [-0.2, 0) is 0 Å². The van der Waals surface area contributed by atoms with Crippen molar-refractivity contribution in [2.24, 2.45) is 4.99 Å². The zero-order chi connectivity index (χ0) is 17.3. The molecule has 0 aliphatic heterocycles. The lowest BCUT2D eigenvalue weighted by Gasteiger charge is -2.09. The molecule has 0 fully saturated rings. The molecule has 0 N–H and O–H groups in total. The first kappa shape index (κ1) is 16.7. The summed E-state index contributed by atoms with van der Waals surface area (Å²) in [4.78, 5) is 4.71. The summed E-state index contributed by atoms with van der Waals surface area (Å²) in [6, 6.07) is 16.8. The third-order valence-electron chi connectivity index (χ3n) is 4.47. The zero-order valence-electron chi connectivity index (χ0n) is 14.5.